The Kier molecular flexibility index (Phi) is 7.86. The highest BCUT2D eigenvalue weighted by molar-refractivity contribution is 6.30. The first-order chi connectivity index (χ1) is 9.66. The Morgan fingerprint density at radius 1 is 1.52 bits per heavy atom. The minimum Gasteiger partial charge on any atom is -0.492 e. The Labute approximate surface area is 137 Å². The normalized spacial score (nSPS) is 17.7. The molecule has 1 aromatic rings. The third kappa shape index (κ3) is 5.73. The Balaban J connectivity index is 0.00000220. The number of rotatable bonds is 5. The minimum atomic E-state index is 0. The van der Waals surface area contributed by atoms with E-state index in [9.17, 15) is 4.79 Å². The molecule has 1 aromatic carbocycles. The van der Waals surface area contributed by atoms with Crippen molar-refractivity contribution in [3.8, 4) is 5.75 Å². The van der Waals surface area contributed by atoms with Gasteiger partial charge < -0.3 is 15.0 Å². The highest BCUT2D eigenvalue weighted by Gasteiger charge is 2.23. The number of amides is 1. The molecule has 1 atom stereocenters. The molecule has 0 saturated carbocycles. The maximum atomic E-state index is 12.2. The molecule has 1 aliphatic heterocycles. The van der Waals surface area contributed by atoms with Gasteiger partial charge in [0.25, 0.3) is 0 Å². The van der Waals surface area contributed by atoms with Crippen LogP contribution >= 0.6 is 24.0 Å². The molecule has 1 saturated heterocycles. The lowest BCUT2D eigenvalue weighted by Gasteiger charge is -2.27. The summed E-state index contributed by atoms with van der Waals surface area (Å²) in [7, 11) is 1.83. The molecule has 118 valence electrons. The first-order valence-electron chi connectivity index (χ1n) is 7.01. The molecule has 0 radical (unpaired) electrons. The van der Waals surface area contributed by atoms with Crippen molar-refractivity contribution in [3.05, 3.63) is 29.3 Å². The van der Waals surface area contributed by atoms with Crippen molar-refractivity contribution in [1.29, 1.82) is 0 Å². The van der Waals surface area contributed by atoms with Crippen molar-refractivity contribution in [2.24, 2.45) is 5.92 Å². The van der Waals surface area contributed by atoms with Crippen LogP contribution in [0.1, 0.15) is 12.8 Å². The lowest BCUT2D eigenvalue weighted by atomic mass is 9.98. The average molecular weight is 333 g/mol. The predicted octanol–water partition coefficient (Wildman–Crippen LogP) is 2.60. The van der Waals surface area contributed by atoms with Crippen LogP contribution < -0.4 is 10.1 Å². The summed E-state index contributed by atoms with van der Waals surface area (Å²) in [6.07, 6.45) is 2.05. The number of nitrogens with zero attached hydrogens (tertiary/aromatic N) is 1. The highest BCUT2D eigenvalue weighted by atomic mass is 35.5. The van der Waals surface area contributed by atoms with Gasteiger partial charge in [-0.05, 0) is 37.6 Å². The standard InChI is InChI=1S/C15H21ClN2O2.ClH/c1-18(15(19)12-4-3-7-17-11-12)8-9-20-14-6-2-5-13(16)10-14;/h2,5-6,10,12,17H,3-4,7-9,11H2,1H3;1H/t12-;/m1./s1. The number of benzene rings is 1. The van der Waals surface area contributed by atoms with Gasteiger partial charge in [-0.15, -0.1) is 12.4 Å². The fraction of sp³-hybridized carbons (Fsp3) is 0.533. The fourth-order valence-corrected chi connectivity index (χ4v) is 2.52. The van der Waals surface area contributed by atoms with Crippen LogP contribution in [0.15, 0.2) is 24.3 Å². The molecule has 1 aliphatic rings. The molecule has 4 nitrogen and oxygen atoms in total. The van der Waals surface area contributed by atoms with Crippen LogP contribution in [0.5, 0.6) is 5.75 Å². The van der Waals surface area contributed by atoms with Gasteiger partial charge in [-0.25, -0.2) is 0 Å². The summed E-state index contributed by atoms with van der Waals surface area (Å²) in [4.78, 5) is 14.0. The van der Waals surface area contributed by atoms with Crippen molar-refractivity contribution in [1.82, 2.24) is 10.2 Å². The third-order valence-electron chi connectivity index (χ3n) is 3.51. The summed E-state index contributed by atoms with van der Waals surface area (Å²) < 4.78 is 5.60. The first-order valence-corrected chi connectivity index (χ1v) is 7.38. The smallest absolute Gasteiger partial charge is 0.226 e. The second-order valence-corrected chi connectivity index (χ2v) is 5.55. The second-order valence-electron chi connectivity index (χ2n) is 5.11. The van der Waals surface area contributed by atoms with Crippen molar-refractivity contribution in [2.45, 2.75) is 12.8 Å². The van der Waals surface area contributed by atoms with Crippen LogP contribution in [0.4, 0.5) is 0 Å². The van der Waals surface area contributed by atoms with Gasteiger partial charge in [0.2, 0.25) is 5.91 Å². The number of hydrogen-bond acceptors (Lipinski definition) is 3. The summed E-state index contributed by atoms with van der Waals surface area (Å²) in [6, 6.07) is 7.29. The van der Waals surface area contributed by atoms with Gasteiger partial charge in [0.1, 0.15) is 12.4 Å². The van der Waals surface area contributed by atoms with Crippen LogP contribution in [-0.4, -0.2) is 44.1 Å². The van der Waals surface area contributed by atoms with Gasteiger partial charge in [-0.2, -0.15) is 0 Å². The number of piperidine rings is 1. The van der Waals surface area contributed by atoms with Gasteiger partial charge in [-0.1, -0.05) is 17.7 Å². The number of hydrogen-bond donors (Lipinski definition) is 1. The van der Waals surface area contributed by atoms with Crippen molar-refractivity contribution >= 4 is 29.9 Å². The van der Waals surface area contributed by atoms with E-state index < -0.39 is 0 Å². The number of carbonyl (C=O) groups excluding carboxylic acids is 1. The molecule has 0 aromatic heterocycles. The monoisotopic (exact) mass is 332 g/mol. The number of likely N-dealkylation sites (N-methyl/N-ethyl adjacent to an activating group) is 1. The van der Waals surface area contributed by atoms with E-state index in [0.717, 1.165) is 31.7 Å². The van der Waals surface area contributed by atoms with E-state index in [1.165, 1.54) is 0 Å². The van der Waals surface area contributed by atoms with Gasteiger partial charge in [0, 0.05) is 18.6 Å². The highest BCUT2D eigenvalue weighted by Crippen LogP contribution is 2.17. The molecule has 21 heavy (non-hydrogen) atoms. The zero-order valence-electron chi connectivity index (χ0n) is 12.2. The minimum absolute atomic E-state index is 0. The number of halogens is 2. The van der Waals surface area contributed by atoms with E-state index in [4.69, 9.17) is 16.3 Å². The molecule has 0 unspecified atom stereocenters. The maximum Gasteiger partial charge on any atom is 0.226 e. The van der Waals surface area contributed by atoms with Crippen molar-refractivity contribution in [2.75, 3.05) is 33.3 Å². The van der Waals surface area contributed by atoms with Gasteiger partial charge >= 0.3 is 0 Å². The topological polar surface area (TPSA) is 41.6 Å². The zero-order valence-corrected chi connectivity index (χ0v) is 13.8. The van der Waals surface area contributed by atoms with Crippen molar-refractivity contribution < 1.29 is 9.53 Å². The maximum absolute atomic E-state index is 12.2. The van der Waals surface area contributed by atoms with E-state index in [1.54, 1.807) is 17.0 Å². The molecule has 6 heteroatoms. The van der Waals surface area contributed by atoms with E-state index >= 15 is 0 Å². The van der Waals surface area contributed by atoms with E-state index in [-0.39, 0.29) is 24.2 Å². The third-order valence-corrected chi connectivity index (χ3v) is 3.75. The van der Waals surface area contributed by atoms with Gasteiger partial charge in [0.15, 0.2) is 0 Å². The molecule has 0 bridgehead atoms. The Hall–Kier alpha value is -0.970. The molecule has 1 N–H and O–H groups in total. The lowest BCUT2D eigenvalue weighted by molar-refractivity contribution is -0.135. The summed E-state index contributed by atoms with van der Waals surface area (Å²) >= 11 is 5.89. The van der Waals surface area contributed by atoms with Crippen LogP contribution in [0.3, 0.4) is 0 Å². The molecule has 1 amide bonds. The fourth-order valence-electron chi connectivity index (χ4n) is 2.34. The zero-order chi connectivity index (χ0) is 14.4. The second kappa shape index (κ2) is 9.13. The number of carbonyl (C=O) groups is 1. The predicted molar refractivity (Wildman–Crippen MR) is 87.4 cm³/mol. The van der Waals surface area contributed by atoms with E-state index in [2.05, 4.69) is 5.32 Å². The van der Waals surface area contributed by atoms with Crippen LogP contribution in [-0.2, 0) is 4.79 Å². The van der Waals surface area contributed by atoms with Crippen LogP contribution in [0.2, 0.25) is 5.02 Å². The number of ether oxygens (including phenoxy) is 1. The lowest BCUT2D eigenvalue weighted by Crippen LogP contribution is -2.42. The molecule has 1 fully saturated rings. The summed E-state index contributed by atoms with van der Waals surface area (Å²) in [5, 5.41) is 3.92. The Bertz CT molecular complexity index is 451. The Morgan fingerprint density at radius 3 is 3.00 bits per heavy atom. The first kappa shape index (κ1) is 18.1. The van der Waals surface area contributed by atoms with Crippen molar-refractivity contribution in [3.63, 3.8) is 0 Å². The average Bonchev–Trinajstić information content (AvgIpc) is 2.47. The summed E-state index contributed by atoms with van der Waals surface area (Å²) in [5.41, 5.74) is 0. The molecule has 0 spiro atoms. The Morgan fingerprint density at radius 2 is 2.33 bits per heavy atom. The molecule has 1 heterocycles. The summed E-state index contributed by atoms with van der Waals surface area (Å²) in [5.74, 6) is 1.05. The van der Waals surface area contributed by atoms with E-state index in [1.807, 2.05) is 19.2 Å². The van der Waals surface area contributed by atoms with Crippen LogP contribution in [0.25, 0.3) is 0 Å². The SMILES string of the molecule is CN(CCOc1cccc(Cl)c1)C(=O)[C@@H]1CCCNC1.Cl. The molecule has 0 aliphatic carbocycles. The van der Waals surface area contributed by atoms with Crippen LogP contribution in [0, 0.1) is 5.92 Å². The van der Waals surface area contributed by atoms with Gasteiger partial charge in [-0.3, -0.25) is 4.79 Å². The van der Waals surface area contributed by atoms with E-state index in [0.29, 0.717) is 18.2 Å². The molecule has 2 rings (SSSR count). The molecular formula is C15H22Cl2N2O2. The summed E-state index contributed by atoms with van der Waals surface area (Å²) in [6.45, 7) is 2.87. The quantitative estimate of drug-likeness (QED) is 0.901. The van der Waals surface area contributed by atoms with Gasteiger partial charge in [0.05, 0.1) is 12.5 Å². The molecular weight excluding hydrogens is 311 g/mol. The largest absolute Gasteiger partial charge is 0.492 e. The number of nitrogens with one attached hydrogen (secondary N) is 1.